The molecule has 0 spiro atoms. The van der Waals surface area contributed by atoms with Crippen LogP contribution in [-0.4, -0.2) is 215 Å². The number of hydrogen-bond donors (Lipinski definition) is 6. The monoisotopic (exact) mass is 1690 g/mol. The summed E-state index contributed by atoms with van der Waals surface area (Å²) in [5.74, 6) is 1.27. The summed E-state index contributed by atoms with van der Waals surface area (Å²) < 4.78 is 113. The predicted molar refractivity (Wildman–Crippen MR) is 413 cm³/mol. The van der Waals surface area contributed by atoms with E-state index in [1.807, 2.05) is 18.2 Å². The first-order chi connectivity index (χ1) is 52.2. The normalized spacial score (nSPS) is 16.7. The summed E-state index contributed by atoms with van der Waals surface area (Å²) in [5, 5.41) is 47.0. The van der Waals surface area contributed by atoms with E-state index >= 15 is 0 Å². The zero-order chi connectivity index (χ0) is 78.3. The molecular weight excluding hydrogens is 1620 g/mol. The Morgan fingerprint density at radius 1 is 0.394 bits per heavy atom. The number of morpholine rings is 2. The zero-order valence-electron chi connectivity index (χ0n) is 58.7. The Bertz CT molecular complexity index is 4400. The van der Waals surface area contributed by atoms with E-state index in [1.54, 1.807) is 0 Å². The number of rotatable bonds is 23. The summed E-state index contributed by atoms with van der Waals surface area (Å²) in [6, 6.07) is 30.9. The highest BCUT2D eigenvalue weighted by molar-refractivity contribution is 7.89. The number of hydrogen-bond acceptors (Lipinski definition) is 19. The molecule has 0 unspecified atom stereocenters. The topological polar surface area (TPSA) is 360 Å². The van der Waals surface area contributed by atoms with Crippen molar-refractivity contribution in [3.05, 3.63) is 156 Å². The van der Waals surface area contributed by atoms with Gasteiger partial charge in [0.2, 0.25) is 30.1 Å². The molecule has 0 aromatic heterocycles. The van der Waals surface area contributed by atoms with Crippen molar-refractivity contribution < 1.29 is 63.3 Å². The fraction of sp³-hybridized carbons (Fsp3) is 0.408. The van der Waals surface area contributed by atoms with Gasteiger partial charge in [0.15, 0.2) is 0 Å². The van der Waals surface area contributed by atoms with Gasteiger partial charge in [0.05, 0.1) is 61.3 Å². The maximum atomic E-state index is 13.6. The summed E-state index contributed by atoms with van der Waals surface area (Å²) in [4.78, 5) is 40.6. The molecule has 5 fully saturated rings. The summed E-state index contributed by atoms with van der Waals surface area (Å²) >= 11 is 41.8. The number of carbonyl (C=O) groups is 3. The standard InChI is InChI=1S/2C25H29Cl2N5O5S.C21H21Cl3N4O4S/c2*26-19-14-20(27)16-22(15-19)37-23-2-1-18(17-28)13-24(23)38(34,35)32-6-3-21(4-7-32)30-25(33)29-5-8-31-9-11-36-12-10-31;22-5-6-26-21(29)27-17-3-7-28(8-4-17)33(30,31)20-9-14(13-25)1-2-19(20)32-18-11-15(23)10-16(24)12-18/h2*1-2,13-16,21H,3-12H2,(H2,29,30,33);1-2,9-12,17H,3-8H2,(H2,26,27,29). The fourth-order valence-electron chi connectivity index (χ4n) is 12.0. The minimum absolute atomic E-state index is 0.0491. The van der Waals surface area contributed by atoms with Crippen molar-refractivity contribution in [3.63, 3.8) is 0 Å². The Hall–Kier alpha value is -7.40. The molecule has 38 heteroatoms. The molecule has 0 bridgehead atoms. The van der Waals surface area contributed by atoms with Crippen LogP contribution in [0, 0.1) is 34.0 Å². The fourth-order valence-corrected chi connectivity index (χ4v) is 18.5. The number of halogens is 7. The molecule has 6 amide bonds. The summed E-state index contributed by atoms with van der Waals surface area (Å²) in [5.41, 5.74) is 0.549. The number of piperidine rings is 3. The number of nitriles is 3. The van der Waals surface area contributed by atoms with Crippen molar-refractivity contribution in [1.29, 1.82) is 15.8 Å². The van der Waals surface area contributed by atoms with Gasteiger partial charge in [-0.3, -0.25) is 9.80 Å². The van der Waals surface area contributed by atoms with E-state index in [4.69, 9.17) is 105 Å². The summed E-state index contributed by atoms with van der Waals surface area (Å²) in [6.45, 7) is 10.4. The van der Waals surface area contributed by atoms with Crippen molar-refractivity contribution in [1.82, 2.24) is 54.6 Å². The minimum atomic E-state index is -4.00. The molecule has 0 radical (unpaired) electrons. The van der Waals surface area contributed by atoms with Gasteiger partial charge >= 0.3 is 18.1 Å². The number of amides is 6. The minimum Gasteiger partial charge on any atom is -0.456 e. The SMILES string of the molecule is N#Cc1ccc(Oc2cc(Cl)cc(Cl)c2)c(S(=O)(=O)N2CCC(NC(=O)NCCCl)CC2)c1.N#Cc1ccc(Oc2cc(Cl)cc(Cl)c2)c(S(=O)(=O)N2CCC(NC(=O)NCCN3CCOCC3)CC2)c1.N#Cc1ccc(Oc2cc(Cl)cc(Cl)c2)c(S(=O)(=O)N2CCC(NC(=O)NCCN3CCOCC3)CC2)c1. The number of benzene rings is 6. The molecular formula is C71H79Cl7N14O14S3. The molecule has 5 heterocycles. The van der Waals surface area contributed by atoms with Gasteiger partial charge < -0.3 is 55.6 Å². The largest absolute Gasteiger partial charge is 0.456 e. The third kappa shape index (κ3) is 25.6. The lowest BCUT2D eigenvalue weighted by atomic mass is 10.1. The van der Waals surface area contributed by atoms with Crippen LogP contribution >= 0.6 is 81.2 Å². The van der Waals surface area contributed by atoms with Gasteiger partial charge in [-0.2, -0.15) is 28.7 Å². The zero-order valence-corrected chi connectivity index (χ0v) is 66.4. The Balaban J connectivity index is 0.000000189. The van der Waals surface area contributed by atoms with Gasteiger partial charge in [0.25, 0.3) is 0 Å². The third-order valence-electron chi connectivity index (χ3n) is 17.6. The quantitative estimate of drug-likeness (QED) is 0.0325. The maximum absolute atomic E-state index is 13.6. The van der Waals surface area contributed by atoms with Crippen LogP contribution in [0.4, 0.5) is 14.4 Å². The summed E-state index contributed by atoms with van der Waals surface area (Å²) in [6.07, 6.45) is 2.68. The number of urea groups is 3. The number of alkyl halides is 1. The molecule has 5 aliphatic heterocycles. The van der Waals surface area contributed by atoms with Crippen molar-refractivity contribution in [3.8, 4) is 52.7 Å². The first-order valence-electron chi connectivity index (χ1n) is 34.6. The molecule has 6 N–H and O–H groups in total. The number of nitrogens with zero attached hydrogens (tertiary/aromatic N) is 8. The van der Waals surface area contributed by atoms with E-state index in [-0.39, 0.29) is 141 Å². The third-order valence-corrected chi connectivity index (χ3v) is 24.9. The van der Waals surface area contributed by atoms with Gasteiger partial charge in [0, 0.05) is 152 Å². The lowest BCUT2D eigenvalue weighted by Gasteiger charge is -2.32. The molecule has 5 aliphatic rings. The number of ether oxygens (including phenoxy) is 5. The van der Waals surface area contributed by atoms with Gasteiger partial charge in [0.1, 0.15) is 49.2 Å². The molecule has 11 rings (SSSR count). The van der Waals surface area contributed by atoms with Crippen LogP contribution in [0.2, 0.25) is 30.1 Å². The molecule has 6 aromatic rings. The second kappa shape index (κ2) is 41.2. The van der Waals surface area contributed by atoms with Crippen molar-refractivity contribution >= 4 is 129 Å². The Morgan fingerprint density at radius 3 is 0.899 bits per heavy atom. The molecule has 584 valence electrons. The van der Waals surface area contributed by atoms with Gasteiger partial charge in [-0.15, -0.1) is 11.6 Å². The number of nitrogens with one attached hydrogen (secondary N) is 6. The number of sulfonamides is 3. The molecule has 6 aromatic carbocycles. The summed E-state index contributed by atoms with van der Waals surface area (Å²) in [7, 11) is -12.0. The molecule has 5 saturated heterocycles. The predicted octanol–water partition coefficient (Wildman–Crippen LogP) is 11.2. The van der Waals surface area contributed by atoms with Crippen LogP contribution in [0.3, 0.4) is 0 Å². The van der Waals surface area contributed by atoms with Crippen LogP contribution in [0.25, 0.3) is 0 Å². The van der Waals surface area contributed by atoms with E-state index in [9.17, 15) is 55.4 Å². The van der Waals surface area contributed by atoms with Crippen molar-refractivity contribution in [2.75, 3.05) is 130 Å². The van der Waals surface area contributed by atoms with Crippen LogP contribution in [0.5, 0.6) is 34.5 Å². The van der Waals surface area contributed by atoms with Gasteiger partial charge in [-0.1, -0.05) is 69.6 Å². The van der Waals surface area contributed by atoms with Crippen LogP contribution in [0.15, 0.2) is 124 Å². The highest BCUT2D eigenvalue weighted by atomic mass is 35.5. The average molecular weight is 1700 g/mol. The highest BCUT2D eigenvalue weighted by Gasteiger charge is 2.37. The Kier molecular flexibility index (Phi) is 32.4. The van der Waals surface area contributed by atoms with Gasteiger partial charge in [-0.05, 0) is 148 Å². The first kappa shape index (κ1) is 85.6. The lowest BCUT2D eigenvalue weighted by Crippen LogP contribution is -2.50. The van der Waals surface area contributed by atoms with E-state index in [1.165, 1.54) is 122 Å². The second-order valence-corrected chi connectivity index (χ2v) is 34.0. The van der Waals surface area contributed by atoms with E-state index in [2.05, 4.69) is 41.7 Å². The smallest absolute Gasteiger partial charge is 0.315 e. The van der Waals surface area contributed by atoms with Crippen molar-refractivity contribution in [2.45, 2.75) is 71.3 Å². The molecule has 0 aliphatic carbocycles. The van der Waals surface area contributed by atoms with Crippen LogP contribution in [0.1, 0.15) is 55.2 Å². The molecule has 109 heavy (non-hydrogen) atoms. The Morgan fingerprint density at radius 2 is 0.651 bits per heavy atom. The van der Waals surface area contributed by atoms with E-state index < -0.39 is 30.1 Å². The molecule has 28 nitrogen and oxygen atoms in total. The number of carbonyl (C=O) groups excluding carboxylic acids is 3. The van der Waals surface area contributed by atoms with Crippen LogP contribution in [-0.2, 0) is 39.5 Å². The molecule has 0 atom stereocenters. The van der Waals surface area contributed by atoms with Crippen molar-refractivity contribution in [2.24, 2.45) is 0 Å². The second-order valence-electron chi connectivity index (χ2n) is 25.3. The van der Waals surface area contributed by atoms with Gasteiger partial charge in [-0.25, -0.2) is 39.6 Å². The molecule has 0 saturated carbocycles. The Labute approximate surface area is 668 Å². The highest BCUT2D eigenvalue weighted by Crippen LogP contribution is 2.39. The van der Waals surface area contributed by atoms with E-state index in [0.717, 1.165) is 39.3 Å². The first-order valence-corrected chi connectivity index (χ1v) is 41.7. The van der Waals surface area contributed by atoms with Crippen LogP contribution < -0.4 is 46.1 Å². The van der Waals surface area contributed by atoms with E-state index in [0.29, 0.717) is 121 Å². The lowest BCUT2D eigenvalue weighted by molar-refractivity contribution is 0.0386. The maximum Gasteiger partial charge on any atom is 0.315 e. The average Bonchev–Trinajstić information content (AvgIpc) is 0.790.